The second-order valence-corrected chi connectivity index (χ2v) is 6.91. The maximum absolute atomic E-state index is 12.1. The summed E-state index contributed by atoms with van der Waals surface area (Å²) in [4.78, 5) is 23.9. The second kappa shape index (κ2) is 10.4. The Morgan fingerprint density at radius 1 is 0.900 bits per heavy atom. The summed E-state index contributed by atoms with van der Waals surface area (Å²) in [5, 5.41) is 6.99. The summed E-state index contributed by atoms with van der Waals surface area (Å²) in [6.45, 7) is -0.242. The summed E-state index contributed by atoms with van der Waals surface area (Å²) in [6.07, 6.45) is 1.48. The standard InChI is InChI=1S/C22H17Cl2N3O3/c23-19-10-9-16(12-20(19)24)22(29)25-14-21(28)27-26-13-15-5-4-8-18(11-15)30-17-6-2-1-3-7-17/h1-13H,14H2,(H,25,29)(H,27,28)/b26-13+. The van der Waals surface area contributed by atoms with Crippen molar-refractivity contribution in [2.75, 3.05) is 6.54 Å². The van der Waals surface area contributed by atoms with Crippen LogP contribution in [-0.4, -0.2) is 24.6 Å². The molecule has 6 nitrogen and oxygen atoms in total. The minimum atomic E-state index is -0.476. The Kier molecular flexibility index (Phi) is 7.43. The van der Waals surface area contributed by atoms with Crippen molar-refractivity contribution in [1.29, 1.82) is 0 Å². The number of rotatable bonds is 7. The summed E-state index contributed by atoms with van der Waals surface area (Å²) >= 11 is 11.7. The number of carbonyl (C=O) groups is 2. The third-order valence-corrected chi connectivity index (χ3v) is 4.57. The van der Waals surface area contributed by atoms with Crippen LogP contribution in [0.1, 0.15) is 15.9 Å². The molecule has 0 saturated heterocycles. The van der Waals surface area contributed by atoms with Crippen molar-refractivity contribution in [2.24, 2.45) is 5.10 Å². The SMILES string of the molecule is O=C(CNC(=O)c1ccc(Cl)c(Cl)c1)N/N=C/c1cccc(Oc2ccccc2)c1. The van der Waals surface area contributed by atoms with Gasteiger partial charge in [-0.05, 0) is 48.0 Å². The third-order valence-electron chi connectivity index (χ3n) is 3.83. The van der Waals surface area contributed by atoms with E-state index >= 15 is 0 Å². The lowest BCUT2D eigenvalue weighted by Crippen LogP contribution is -2.34. The molecular formula is C22H17Cl2N3O3. The fraction of sp³-hybridized carbons (Fsp3) is 0.0455. The Balaban J connectivity index is 1.49. The van der Waals surface area contributed by atoms with Crippen molar-refractivity contribution < 1.29 is 14.3 Å². The quantitative estimate of drug-likeness (QED) is 0.413. The van der Waals surface area contributed by atoms with Gasteiger partial charge in [0.15, 0.2) is 0 Å². The van der Waals surface area contributed by atoms with E-state index in [1.165, 1.54) is 24.4 Å². The largest absolute Gasteiger partial charge is 0.457 e. The van der Waals surface area contributed by atoms with Gasteiger partial charge in [-0.1, -0.05) is 53.5 Å². The third kappa shape index (κ3) is 6.34. The van der Waals surface area contributed by atoms with E-state index in [1.807, 2.05) is 48.5 Å². The first-order valence-corrected chi connectivity index (χ1v) is 9.65. The monoisotopic (exact) mass is 441 g/mol. The molecule has 2 N–H and O–H groups in total. The number of nitrogens with zero attached hydrogens (tertiary/aromatic N) is 1. The van der Waals surface area contributed by atoms with Crippen molar-refractivity contribution in [3.63, 3.8) is 0 Å². The first-order chi connectivity index (χ1) is 14.5. The number of para-hydroxylation sites is 1. The molecule has 3 aromatic rings. The van der Waals surface area contributed by atoms with Crippen molar-refractivity contribution in [2.45, 2.75) is 0 Å². The van der Waals surface area contributed by atoms with Gasteiger partial charge in [-0.15, -0.1) is 0 Å². The van der Waals surface area contributed by atoms with E-state index in [-0.39, 0.29) is 11.6 Å². The molecule has 0 heterocycles. The summed E-state index contributed by atoms with van der Waals surface area (Å²) in [5.74, 6) is 0.442. The first kappa shape index (κ1) is 21.4. The van der Waals surface area contributed by atoms with Gasteiger partial charge in [0.05, 0.1) is 22.8 Å². The molecule has 0 atom stereocenters. The molecule has 8 heteroatoms. The molecule has 2 amide bonds. The van der Waals surface area contributed by atoms with E-state index in [9.17, 15) is 9.59 Å². The lowest BCUT2D eigenvalue weighted by atomic mass is 10.2. The lowest BCUT2D eigenvalue weighted by molar-refractivity contribution is -0.120. The van der Waals surface area contributed by atoms with Crippen LogP contribution in [0.3, 0.4) is 0 Å². The van der Waals surface area contributed by atoms with Crippen molar-refractivity contribution >= 4 is 41.2 Å². The van der Waals surface area contributed by atoms with Gasteiger partial charge in [0.2, 0.25) is 0 Å². The molecular weight excluding hydrogens is 425 g/mol. The van der Waals surface area contributed by atoms with Crippen molar-refractivity contribution in [3.8, 4) is 11.5 Å². The smallest absolute Gasteiger partial charge is 0.259 e. The topological polar surface area (TPSA) is 79.8 Å². The zero-order valence-corrected chi connectivity index (χ0v) is 17.2. The molecule has 0 aromatic heterocycles. The fourth-order valence-corrected chi connectivity index (χ4v) is 2.70. The summed E-state index contributed by atoms with van der Waals surface area (Å²) < 4.78 is 5.75. The molecule has 152 valence electrons. The van der Waals surface area contributed by atoms with Gasteiger partial charge in [-0.2, -0.15) is 5.10 Å². The Bertz CT molecular complexity index is 1070. The molecule has 0 unspecified atom stereocenters. The maximum Gasteiger partial charge on any atom is 0.259 e. The number of carbonyl (C=O) groups excluding carboxylic acids is 2. The molecule has 0 fully saturated rings. The van der Waals surface area contributed by atoms with Crippen molar-refractivity contribution in [1.82, 2.24) is 10.7 Å². The Hall–Kier alpha value is -3.35. The number of hydrogen-bond acceptors (Lipinski definition) is 4. The van der Waals surface area contributed by atoms with E-state index in [0.29, 0.717) is 16.3 Å². The van der Waals surface area contributed by atoms with Crippen molar-refractivity contribution in [3.05, 3.63) is 94.0 Å². The predicted octanol–water partition coefficient (Wildman–Crippen LogP) is 4.67. The average Bonchev–Trinajstić information content (AvgIpc) is 2.75. The highest BCUT2D eigenvalue weighted by Crippen LogP contribution is 2.22. The average molecular weight is 442 g/mol. The van der Waals surface area contributed by atoms with Gasteiger partial charge in [-0.25, -0.2) is 5.43 Å². The molecule has 0 spiro atoms. The normalized spacial score (nSPS) is 10.6. The van der Waals surface area contributed by atoms with Crippen LogP contribution < -0.4 is 15.5 Å². The first-order valence-electron chi connectivity index (χ1n) is 8.89. The Labute approximate surface area is 183 Å². The maximum atomic E-state index is 12.1. The predicted molar refractivity (Wildman–Crippen MR) is 117 cm³/mol. The highest BCUT2D eigenvalue weighted by molar-refractivity contribution is 6.42. The number of hydrazone groups is 1. The van der Waals surface area contributed by atoms with E-state index in [2.05, 4.69) is 15.8 Å². The van der Waals surface area contributed by atoms with Gasteiger partial charge in [0.1, 0.15) is 11.5 Å². The molecule has 3 aromatic carbocycles. The van der Waals surface area contributed by atoms with Gasteiger partial charge in [0.25, 0.3) is 11.8 Å². The molecule has 0 aliphatic rings. The van der Waals surface area contributed by atoms with Gasteiger partial charge in [-0.3, -0.25) is 9.59 Å². The molecule has 0 saturated carbocycles. The number of benzene rings is 3. The molecule has 0 aliphatic carbocycles. The highest BCUT2D eigenvalue weighted by Gasteiger charge is 2.09. The van der Waals surface area contributed by atoms with E-state index in [1.54, 1.807) is 6.07 Å². The molecule has 3 rings (SSSR count). The summed E-state index contributed by atoms with van der Waals surface area (Å²) in [6, 6.07) is 21.1. The van der Waals surface area contributed by atoms with Crippen LogP contribution in [0.25, 0.3) is 0 Å². The summed E-state index contributed by atoms with van der Waals surface area (Å²) in [7, 11) is 0. The molecule has 0 aliphatic heterocycles. The minimum Gasteiger partial charge on any atom is -0.457 e. The van der Waals surface area contributed by atoms with E-state index in [4.69, 9.17) is 27.9 Å². The van der Waals surface area contributed by atoms with Gasteiger partial charge >= 0.3 is 0 Å². The van der Waals surface area contributed by atoms with E-state index in [0.717, 1.165) is 11.3 Å². The number of hydrogen-bond donors (Lipinski definition) is 2. The summed E-state index contributed by atoms with van der Waals surface area (Å²) in [5.41, 5.74) is 3.40. The van der Waals surface area contributed by atoms with Gasteiger partial charge in [0, 0.05) is 5.56 Å². The Morgan fingerprint density at radius 2 is 1.67 bits per heavy atom. The minimum absolute atomic E-state index is 0.242. The van der Waals surface area contributed by atoms with Crippen LogP contribution in [0.15, 0.2) is 77.9 Å². The highest BCUT2D eigenvalue weighted by atomic mass is 35.5. The van der Waals surface area contributed by atoms with Crippen LogP contribution in [0.2, 0.25) is 10.0 Å². The van der Waals surface area contributed by atoms with Crippen LogP contribution in [0.5, 0.6) is 11.5 Å². The van der Waals surface area contributed by atoms with Gasteiger partial charge < -0.3 is 10.1 Å². The molecule has 30 heavy (non-hydrogen) atoms. The van der Waals surface area contributed by atoms with Crippen LogP contribution >= 0.6 is 23.2 Å². The van der Waals surface area contributed by atoms with Crippen LogP contribution in [-0.2, 0) is 4.79 Å². The number of ether oxygens (including phenoxy) is 1. The second-order valence-electron chi connectivity index (χ2n) is 6.09. The molecule has 0 radical (unpaired) electrons. The number of nitrogens with one attached hydrogen (secondary N) is 2. The Morgan fingerprint density at radius 3 is 2.43 bits per heavy atom. The van der Waals surface area contributed by atoms with Crippen LogP contribution in [0, 0.1) is 0 Å². The number of halogens is 2. The zero-order valence-electron chi connectivity index (χ0n) is 15.6. The zero-order chi connectivity index (χ0) is 21.3. The fourth-order valence-electron chi connectivity index (χ4n) is 2.40. The molecule has 0 bridgehead atoms. The van der Waals surface area contributed by atoms with E-state index < -0.39 is 11.8 Å². The lowest BCUT2D eigenvalue weighted by Gasteiger charge is -2.06. The number of amides is 2. The van der Waals surface area contributed by atoms with Crippen LogP contribution in [0.4, 0.5) is 0 Å².